The minimum atomic E-state index is 0.724. The molecule has 0 amide bonds. The molecule has 0 atom stereocenters. The molecule has 0 saturated carbocycles. The molecule has 2 aromatic carbocycles. The van der Waals surface area contributed by atoms with Gasteiger partial charge in [-0.2, -0.15) is 5.98 Å². The summed E-state index contributed by atoms with van der Waals surface area (Å²) in [5.74, 6) is 0.918. The van der Waals surface area contributed by atoms with Gasteiger partial charge in [-0.25, -0.2) is 0 Å². The minimum Gasteiger partial charge on any atom is -0.830 e. The van der Waals surface area contributed by atoms with Crippen LogP contribution in [0.3, 0.4) is 0 Å². The third kappa shape index (κ3) is 2.33. The Balaban J connectivity index is 2.53. The molecule has 2 rings (SSSR count). The normalized spacial score (nSPS) is 10.7. The molecule has 74 valence electrons. The van der Waals surface area contributed by atoms with Gasteiger partial charge in [-0.05, 0) is 17.2 Å². The third-order valence-electron chi connectivity index (χ3n) is 2.18. The van der Waals surface area contributed by atoms with Crippen LogP contribution in [0.15, 0.2) is 54.6 Å². The topological polar surface area (TPSA) is 23.1 Å². The minimum absolute atomic E-state index is 0.724. The fraction of sp³-hybridized carbons (Fsp3) is 0. The van der Waals surface area contributed by atoms with Crippen LogP contribution in [0.5, 0.6) is 0 Å². The quantitative estimate of drug-likeness (QED) is 0.700. The molecule has 0 fully saturated rings. The van der Waals surface area contributed by atoms with Crippen molar-refractivity contribution in [2.75, 3.05) is 0 Å². The van der Waals surface area contributed by atoms with Gasteiger partial charge in [-0.1, -0.05) is 56.7 Å². The molecule has 0 unspecified atom stereocenters. The van der Waals surface area contributed by atoms with Crippen molar-refractivity contribution in [1.82, 2.24) is 0 Å². The van der Waals surface area contributed by atoms with Gasteiger partial charge >= 0.3 is 0 Å². The third-order valence-corrected chi connectivity index (χ3v) is 2.95. The molecule has 1 nitrogen and oxygen atoms in total. The Hall–Kier alpha value is -1.43. The summed E-state index contributed by atoms with van der Waals surface area (Å²) in [4.78, 5) is 0. The Morgan fingerprint density at radius 2 is 1.53 bits per heavy atom. The van der Waals surface area contributed by atoms with E-state index in [-0.39, 0.29) is 0 Å². The summed E-state index contributed by atoms with van der Waals surface area (Å²) in [5, 5.41) is 11.6. The first kappa shape index (κ1) is 10.1. The molecular formula is C13H10OP-. The van der Waals surface area contributed by atoms with Crippen LogP contribution in [0, 0.1) is 0 Å². The van der Waals surface area contributed by atoms with Crippen LogP contribution in [0.25, 0.3) is 11.1 Å². The number of hydrogen-bond acceptors (Lipinski definition) is 1. The molecule has 0 bridgehead atoms. The highest BCUT2D eigenvalue weighted by Crippen LogP contribution is 2.19. The Morgan fingerprint density at radius 3 is 2.27 bits per heavy atom. The lowest BCUT2D eigenvalue weighted by atomic mass is 10.1. The van der Waals surface area contributed by atoms with Gasteiger partial charge in [0.2, 0.25) is 0 Å². The SMILES string of the molecule is [O-]C=Pc1ccccc1-c1ccccc1. The summed E-state index contributed by atoms with van der Waals surface area (Å²) < 4.78 is 0. The van der Waals surface area contributed by atoms with E-state index < -0.39 is 0 Å². The van der Waals surface area contributed by atoms with Crippen LogP contribution in [0.1, 0.15) is 0 Å². The zero-order chi connectivity index (χ0) is 10.5. The van der Waals surface area contributed by atoms with Crippen molar-refractivity contribution in [1.29, 1.82) is 0 Å². The Labute approximate surface area is 90.8 Å². The zero-order valence-corrected chi connectivity index (χ0v) is 9.02. The molecule has 0 aromatic heterocycles. The molecule has 0 aliphatic carbocycles. The number of rotatable bonds is 2. The van der Waals surface area contributed by atoms with Gasteiger partial charge in [0, 0.05) is 5.30 Å². The molecule has 0 saturated heterocycles. The second-order valence-corrected chi connectivity index (χ2v) is 4.07. The van der Waals surface area contributed by atoms with E-state index in [2.05, 4.69) is 12.1 Å². The largest absolute Gasteiger partial charge is 0.830 e. The Bertz CT molecular complexity index is 463. The molecule has 2 heteroatoms. The monoisotopic (exact) mass is 213 g/mol. The van der Waals surface area contributed by atoms with E-state index in [1.165, 1.54) is 0 Å². The van der Waals surface area contributed by atoms with E-state index in [9.17, 15) is 5.11 Å². The standard InChI is InChI=1S/C13H11OP/c14-10-15-13-9-5-4-8-12(13)11-6-2-1-3-7-11/h1-10,14H/p-1. The van der Waals surface area contributed by atoms with Gasteiger partial charge in [-0.3, -0.25) is 0 Å². The summed E-state index contributed by atoms with van der Waals surface area (Å²) in [7, 11) is 0.724. The van der Waals surface area contributed by atoms with Crippen LogP contribution in [-0.4, -0.2) is 5.98 Å². The van der Waals surface area contributed by atoms with E-state index >= 15 is 0 Å². The number of hydrogen-bond donors (Lipinski definition) is 0. The first-order valence-electron chi connectivity index (χ1n) is 4.71. The van der Waals surface area contributed by atoms with Crippen molar-refractivity contribution in [3.8, 4) is 11.1 Å². The Kier molecular flexibility index (Phi) is 3.29. The van der Waals surface area contributed by atoms with Gasteiger partial charge in [0.05, 0.1) is 0 Å². The van der Waals surface area contributed by atoms with E-state index in [1.807, 2.05) is 42.5 Å². The predicted molar refractivity (Wildman–Crippen MR) is 64.5 cm³/mol. The van der Waals surface area contributed by atoms with Crippen molar-refractivity contribution in [3.63, 3.8) is 0 Å². The second kappa shape index (κ2) is 4.88. The number of benzene rings is 2. The first-order chi connectivity index (χ1) is 7.42. The summed E-state index contributed by atoms with van der Waals surface area (Å²) >= 11 is 0. The molecule has 0 radical (unpaired) electrons. The van der Waals surface area contributed by atoms with Gasteiger partial charge in [-0.15, -0.1) is 0 Å². The highest BCUT2D eigenvalue weighted by atomic mass is 31.1. The lowest BCUT2D eigenvalue weighted by Crippen LogP contribution is -2.01. The lowest BCUT2D eigenvalue weighted by Gasteiger charge is -2.05. The smallest absolute Gasteiger partial charge is 0.00808 e. The summed E-state index contributed by atoms with van der Waals surface area (Å²) in [6.45, 7) is 0. The first-order valence-corrected chi connectivity index (χ1v) is 5.67. The van der Waals surface area contributed by atoms with Crippen molar-refractivity contribution in [2.24, 2.45) is 0 Å². The molecule has 0 N–H and O–H groups in total. The van der Waals surface area contributed by atoms with E-state index in [4.69, 9.17) is 0 Å². The van der Waals surface area contributed by atoms with Gasteiger partial charge in [0.25, 0.3) is 0 Å². The van der Waals surface area contributed by atoms with Gasteiger partial charge < -0.3 is 5.11 Å². The highest BCUT2D eigenvalue weighted by Gasteiger charge is 2.00. The van der Waals surface area contributed by atoms with Crippen molar-refractivity contribution < 1.29 is 5.11 Å². The lowest BCUT2D eigenvalue weighted by molar-refractivity contribution is -0.195. The van der Waals surface area contributed by atoms with Crippen LogP contribution in [0.4, 0.5) is 0 Å². The van der Waals surface area contributed by atoms with Crippen LogP contribution >= 0.6 is 8.20 Å². The molecule has 0 spiro atoms. The molecular weight excluding hydrogens is 203 g/mol. The fourth-order valence-corrected chi connectivity index (χ4v) is 2.13. The van der Waals surface area contributed by atoms with Crippen LogP contribution < -0.4 is 10.4 Å². The molecule has 2 aromatic rings. The molecule has 0 aliphatic rings. The maximum absolute atomic E-state index is 10.5. The molecule has 15 heavy (non-hydrogen) atoms. The maximum Gasteiger partial charge on any atom is 0.00808 e. The fourth-order valence-electron chi connectivity index (χ4n) is 1.50. The van der Waals surface area contributed by atoms with E-state index in [1.54, 1.807) is 0 Å². The summed E-state index contributed by atoms with van der Waals surface area (Å²) in [6.07, 6.45) is 0. The average Bonchev–Trinajstić information content (AvgIpc) is 2.31. The van der Waals surface area contributed by atoms with Crippen molar-refractivity contribution >= 4 is 19.5 Å². The molecule has 0 aliphatic heterocycles. The van der Waals surface area contributed by atoms with Crippen LogP contribution in [-0.2, 0) is 0 Å². The van der Waals surface area contributed by atoms with Crippen molar-refractivity contribution in [2.45, 2.75) is 0 Å². The zero-order valence-electron chi connectivity index (χ0n) is 8.13. The van der Waals surface area contributed by atoms with E-state index in [0.29, 0.717) is 0 Å². The van der Waals surface area contributed by atoms with E-state index in [0.717, 1.165) is 30.6 Å². The van der Waals surface area contributed by atoms with Gasteiger partial charge in [0.15, 0.2) is 0 Å². The molecule has 0 heterocycles. The summed E-state index contributed by atoms with van der Waals surface area (Å²) in [5.41, 5.74) is 2.29. The predicted octanol–water partition coefficient (Wildman–Crippen LogP) is 2.05. The van der Waals surface area contributed by atoms with Gasteiger partial charge in [0.1, 0.15) is 0 Å². The highest BCUT2D eigenvalue weighted by molar-refractivity contribution is 7.47. The average molecular weight is 213 g/mol. The maximum atomic E-state index is 10.5. The summed E-state index contributed by atoms with van der Waals surface area (Å²) in [6, 6.07) is 18.1. The van der Waals surface area contributed by atoms with Crippen molar-refractivity contribution in [3.05, 3.63) is 54.6 Å². The second-order valence-electron chi connectivity index (χ2n) is 3.12. The Morgan fingerprint density at radius 1 is 0.867 bits per heavy atom. The van der Waals surface area contributed by atoms with Crippen LogP contribution in [0.2, 0.25) is 0 Å².